The standard InChI is InChI=1S/C65H44O2/c1-2-12-43(13-3-1)45-27-29-46(30-28-45)44-25-22-42(23-26-44)24-39-53(47-31-35-49(36-32-47)58-40-51-14-4-6-16-54(51)62-56-18-8-10-20-60(56)66-64(58)62)48-33-37-50(38-34-48)59-41-52-15-5-7-17-55(52)63-57-19-9-11-21-61(57)67-65(59)63/h1-23,25-38,40-41,53H,24,39H2. The van der Waals surface area contributed by atoms with Crippen molar-refractivity contribution >= 4 is 65.4 Å². The summed E-state index contributed by atoms with van der Waals surface area (Å²) in [5.41, 5.74) is 17.0. The molecule has 2 heteroatoms. The molecular formula is C65H44O2. The molecule has 11 aromatic carbocycles. The van der Waals surface area contributed by atoms with E-state index in [-0.39, 0.29) is 5.92 Å². The maximum absolute atomic E-state index is 6.65. The zero-order valence-electron chi connectivity index (χ0n) is 36.8. The molecule has 0 N–H and O–H groups in total. The molecule has 0 radical (unpaired) electrons. The van der Waals surface area contributed by atoms with Gasteiger partial charge in [-0.15, -0.1) is 0 Å². The smallest absolute Gasteiger partial charge is 0.143 e. The number of hydrogen-bond acceptors (Lipinski definition) is 2. The third-order valence-electron chi connectivity index (χ3n) is 14.0. The van der Waals surface area contributed by atoms with Crippen molar-refractivity contribution in [3.8, 4) is 44.5 Å². The lowest BCUT2D eigenvalue weighted by Crippen LogP contribution is -2.03. The van der Waals surface area contributed by atoms with Crippen LogP contribution in [-0.4, -0.2) is 0 Å². The molecule has 67 heavy (non-hydrogen) atoms. The number of fused-ring (bicyclic) bond motifs is 10. The first-order chi connectivity index (χ1) is 33.2. The first-order valence-electron chi connectivity index (χ1n) is 23.3. The maximum Gasteiger partial charge on any atom is 0.143 e. The second kappa shape index (κ2) is 16.2. The predicted molar refractivity (Wildman–Crippen MR) is 281 cm³/mol. The van der Waals surface area contributed by atoms with Gasteiger partial charge in [0.05, 0.1) is 0 Å². The topological polar surface area (TPSA) is 26.3 Å². The zero-order valence-corrected chi connectivity index (χ0v) is 36.8. The van der Waals surface area contributed by atoms with Gasteiger partial charge in [0, 0.05) is 38.6 Å². The van der Waals surface area contributed by atoms with Crippen LogP contribution in [0.25, 0.3) is 110 Å². The highest BCUT2D eigenvalue weighted by molar-refractivity contribution is 6.23. The van der Waals surface area contributed by atoms with E-state index in [4.69, 9.17) is 8.83 Å². The summed E-state index contributed by atoms with van der Waals surface area (Å²) in [6.45, 7) is 0. The molecule has 0 fully saturated rings. The first kappa shape index (κ1) is 39.0. The van der Waals surface area contributed by atoms with Crippen LogP contribution in [0.3, 0.4) is 0 Å². The molecule has 13 rings (SSSR count). The quantitative estimate of drug-likeness (QED) is 0.145. The number of aryl methyl sites for hydroxylation is 1. The molecule has 0 amide bonds. The summed E-state index contributed by atoms with van der Waals surface area (Å²) in [5, 5.41) is 9.49. The van der Waals surface area contributed by atoms with Crippen molar-refractivity contribution in [1.82, 2.24) is 0 Å². The van der Waals surface area contributed by atoms with Crippen LogP contribution in [0.4, 0.5) is 0 Å². The minimum atomic E-state index is 0.166. The molecule has 316 valence electrons. The lowest BCUT2D eigenvalue weighted by molar-refractivity contribution is 0.670. The van der Waals surface area contributed by atoms with Crippen LogP contribution in [0.1, 0.15) is 29.0 Å². The second-order valence-corrected chi connectivity index (χ2v) is 17.9. The minimum Gasteiger partial charge on any atom is -0.455 e. The number of hydrogen-bond donors (Lipinski definition) is 0. The Balaban J connectivity index is 0.859. The van der Waals surface area contributed by atoms with Gasteiger partial charge in [-0.25, -0.2) is 0 Å². The van der Waals surface area contributed by atoms with Crippen LogP contribution in [0.15, 0.2) is 245 Å². The molecule has 2 heterocycles. The van der Waals surface area contributed by atoms with Gasteiger partial charge in [-0.3, -0.25) is 0 Å². The first-order valence-corrected chi connectivity index (χ1v) is 23.3. The largest absolute Gasteiger partial charge is 0.455 e. The molecule has 0 bridgehead atoms. The monoisotopic (exact) mass is 856 g/mol. The normalized spacial score (nSPS) is 11.8. The van der Waals surface area contributed by atoms with E-state index in [0.29, 0.717) is 0 Å². The van der Waals surface area contributed by atoms with Crippen molar-refractivity contribution in [2.45, 2.75) is 18.8 Å². The number of benzene rings is 11. The summed E-state index contributed by atoms with van der Waals surface area (Å²) in [7, 11) is 0. The van der Waals surface area contributed by atoms with E-state index >= 15 is 0 Å². The Morgan fingerprint density at radius 1 is 0.313 bits per heavy atom. The van der Waals surface area contributed by atoms with E-state index in [1.807, 2.05) is 12.1 Å². The molecule has 0 aliphatic heterocycles. The Bertz CT molecular complexity index is 3730. The fraction of sp³-hybridized carbons (Fsp3) is 0.0462. The van der Waals surface area contributed by atoms with Crippen molar-refractivity contribution in [1.29, 1.82) is 0 Å². The molecule has 0 aliphatic rings. The van der Waals surface area contributed by atoms with Gasteiger partial charge in [-0.1, -0.05) is 212 Å². The van der Waals surface area contributed by atoms with E-state index in [0.717, 1.165) is 68.2 Å². The SMILES string of the molecule is c1ccc(-c2ccc(-c3ccc(CCC(c4ccc(-c5cc6ccccc6c6c5oc5ccccc56)cc4)c4ccc(-c5cc6ccccc6c6c5oc5ccccc56)cc4)cc3)cc2)cc1. The van der Waals surface area contributed by atoms with Gasteiger partial charge < -0.3 is 8.83 Å². The summed E-state index contributed by atoms with van der Waals surface area (Å²) in [5.74, 6) is 0.166. The fourth-order valence-corrected chi connectivity index (χ4v) is 10.6. The molecule has 0 saturated carbocycles. The van der Waals surface area contributed by atoms with E-state index < -0.39 is 0 Å². The Morgan fingerprint density at radius 2 is 0.687 bits per heavy atom. The highest BCUT2D eigenvalue weighted by Crippen LogP contribution is 2.44. The van der Waals surface area contributed by atoms with Crippen LogP contribution in [0, 0.1) is 0 Å². The van der Waals surface area contributed by atoms with Gasteiger partial charge >= 0.3 is 0 Å². The average Bonchev–Trinajstić information content (AvgIpc) is 4.00. The van der Waals surface area contributed by atoms with E-state index in [1.54, 1.807) is 0 Å². The van der Waals surface area contributed by atoms with Crippen LogP contribution in [0.5, 0.6) is 0 Å². The van der Waals surface area contributed by atoms with Crippen molar-refractivity contribution in [3.63, 3.8) is 0 Å². The molecule has 0 aliphatic carbocycles. The van der Waals surface area contributed by atoms with Crippen LogP contribution in [0.2, 0.25) is 0 Å². The fourth-order valence-electron chi connectivity index (χ4n) is 10.6. The van der Waals surface area contributed by atoms with Crippen molar-refractivity contribution in [2.75, 3.05) is 0 Å². The van der Waals surface area contributed by atoms with Crippen LogP contribution < -0.4 is 0 Å². The lowest BCUT2D eigenvalue weighted by atomic mass is 9.84. The molecule has 13 aromatic rings. The maximum atomic E-state index is 6.65. The Hall–Kier alpha value is -8.46. The highest BCUT2D eigenvalue weighted by atomic mass is 16.3. The molecule has 0 unspecified atom stereocenters. The minimum absolute atomic E-state index is 0.166. The third kappa shape index (κ3) is 6.89. The van der Waals surface area contributed by atoms with Gasteiger partial charge in [0.25, 0.3) is 0 Å². The number of rotatable bonds is 9. The lowest BCUT2D eigenvalue weighted by Gasteiger charge is -2.20. The van der Waals surface area contributed by atoms with Gasteiger partial charge in [0.15, 0.2) is 0 Å². The second-order valence-electron chi connectivity index (χ2n) is 17.9. The third-order valence-corrected chi connectivity index (χ3v) is 14.0. The van der Waals surface area contributed by atoms with E-state index in [9.17, 15) is 0 Å². The molecular weight excluding hydrogens is 813 g/mol. The Morgan fingerprint density at radius 3 is 1.16 bits per heavy atom. The number of para-hydroxylation sites is 2. The van der Waals surface area contributed by atoms with Gasteiger partial charge in [0.1, 0.15) is 22.3 Å². The predicted octanol–water partition coefficient (Wildman–Crippen LogP) is 18.2. The summed E-state index contributed by atoms with van der Waals surface area (Å²) in [4.78, 5) is 0. The van der Waals surface area contributed by atoms with E-state index in [1.165, 1.54) is 71.3 Å². The summed E-state index contributed by atoms with van der Waals surface area (Å²) >= 11 is 0. The van der Waals surface area contributed by atoms with Gasteiger partial charge in [-0.2, -0.15) is 0 Å². The molecule has 2 aromatic heterocycles. The number of furan rings is 2. The van der Waals surface area contributed by atoms with Crippen LogP contribution in [-0.2, 0) is 6.42 Å². The Labute approximate surface area is 389 Å². The van der Waals surface area contributed by atoms with Crippen LogP contribution >= 0.6 is 0 Å². The summed E-state index contributed by atoms with van der Waals surface area (Å²) < 4.78 is 13.3. The van der Waals surface area contributed by atoms with Crippen molar-refractivity contribution in [2.24, 2.45) is 0 Å². The molecule has 0 atom stereocenters. The zero-order chi connectivity index (χ0) is 44.3. The van der Waals surface area contributed by atoms with E-state index in [2.05, 4.69) is 224 Å². The Kier molecular flexibility index (Phi) is 9.42. The molecule has 2 nitrogen and oxygen atoms in total. The molecule has 0 spiro atoms. The summed E-state index contributed by atoms with van der Waals surface area (Å²) in [6, 6.07) is 85.8. The van der Waals surface area contributed by atoms with Gasteiger partial charge in [0.2, 0.25) is 0 Å². The van der Waals surface area contributed by atoms with Gasteiger partial charge in [-0.05, 0) is 109 Å². The highest BCUT2D eigenvalue weighted by Gasteiger charge is 2.21. The molecule has 0 saturated heterocycles. The summed E-state index contributed by atoms with van der Waals surface area (Å²) in [6.07, 6.45) is 1.90. The van der Waals surface area contributed by atoms with Crippen molar-refractivity contribution in [3.05, 3.63) is 253 Å². The average molecular weight is 857 g/mol. The van der Waals surface area contributed by atoms with Crippen molar-refractivity contribution < 1.29 is 8.83 Å².